The van der Waals surface area contributed by atoms with Crippen molar-refractivity contribution in [2.45, 2.75) is 180 Å². The van der Waals surface area contributed by atoms with Crippen molar-refractivity contribution in [1.29, 1.82) is 0 Å². The average molecular weight is 784 g/mol. The van der Waals surface area contributed by atoms with E-state index in [9.17, 15) is 23.8 Å². The number of nitrogens with two attached hydrogens (primary N) is 1. The molecule has 0 spiro atoms. The van der Waals surface area contributed by atoms with Crippen molar-refractivity contribution in [3.8, 4) is 0 Å². The molecule has 3 atom stereocenters. The van der Waals surface area contributed by atoms with Crippen LogP contribution >= 0.6 is 7.82 Å². The number of esters is 2. The van der Waals surface area contributed by atoms with Gasteiger partial charge in [-0.05, 0) is 64.2 Å². The number of carboxylic acids is 1. The molecule has 11 nitrogen and oxygen atoms in total. The second-order valence-electron chi connectivity index (χ2n) is 13.7. The van der Waals surface area contributed by atoms with E-state index in [1.165, 1.54) is 57.8 Å². The van der Waals surface area contributed by atoms with Gasteiger partial charge in [-0.2, -0.15) is 0 Å². The number of phosphoric acid groups is 1. The van der Waals surface area contributed by atoms with Gasteiger partial charge in [-0.3, -0.25) is 23.4 Å². The average Bonchev–Trinajstić information content (AvgIpc) is 3.14. The van der Waals surface area contributed by atoms with Crippen LogP contribution in [0.15, 0.2) is 48.6 Å². The van der Waals surface area contributed by atoms with Crippen molar-refractivity contribution < 1.29 is 47.5 Å². The quantitative estimate of drug-likeness (QED) is 0.0235. The second-order valence-corrected chi connectivity index (χ2v) is 15.2. The Morgan fingerprint density at radius 1 is 0.593 bits per heavy atom. The molecule has 12 heteroatoms. The van der Waals surface area contributed by atoms with Crippen LogP contribution in [0.25, 0.3) is 0 Å². The molecule has 4 N–H and O–H groups in total. The van der Waals surface area contributed by atoms with Crippen LogP contribution in [0.5, 0.6) is 0 Å². The Hall–Kier alpha value is -2.56. The van der Waals surface area contributed by atoms with Gasteiger partial charge in [0.15, 0.2) is 6.10 Å². The van der Waals surface area contributed by atoms with Gasteiger partial charge in [0.05, 0.1) is 13.2 Å². The number of hydrogen-bond donors (Lipinski definition) is 3. The Labute approximate surface area is 326 Å². The zero-order chi connectivity index (χ0) is 40.0. The maximum atomic E-state index is 12.6. The summed E-state index contributed by atoms with van der Waals surface area (Å²) in [7, 11) is -4.72. The molecule has 54 heavy (non-hydrogen) atoms. The highest BCUT2D eigenvalue weighted by atomic mass is 31.2. The summed E-state index contributed by atoms with van der Waals surface area (Å²) >= 11 is 0. The molecule has 0 heterocycles. The third-order valence-electron chi connectivity index (χ3n) is 8.56. The van der Waals surface area contributed by atoms with E-state index in [1.54, 1.807) is 0 Å². The molecule has 0 fully saturated rings. The van der Waals surface area contributed by atoms with Crippen molar-refractivity contribution in [3.63, 3.8) is 0 Å². The van der Waals surface area contributed by atoms with Gasteiger partial charge in [0.1, 0.15) is 12.6 Å². The van der Waals surface area contributed by atoms with E-state index in [1.807, 2.05) is 0 Å². The molecular weight excluding hydrogens is 709 g/mol. The molecule has 1 unspecified atom stereocenters. The Morgan fingerprint density at radius 2 is 1.04 bits per heavy atom. The highest BCUT2D eigenvalue weighted by Crippen LogP contribution is 2.43. The summed E-state index contributed by atoms with van der Waals surface area (Å²) in [5.74, 6) is -2.41. The van der Waals surface area contributed by atoms with Crippen molar-refractivity contribution in [2.24, 2.45) is 5.73 Å². The number of ether oxygens (including phenoxy) is 2. The monoisotopic (exact) mass is 784 g/mol. The lowest BCUT2D eigenvalue weighted by molar-refractivity contribution is -0.161. The van der Waals surface area contributed by atoms with Crippen molar-refractivity contribution in [1.82, 2.24) is 0 Å². The lowest BCUT2D eigenvalue weighted by Gasteiger charge is -2.20. The number of carbonyl (C=O) groups is 3. The topological polar surface area (TPSA) is 172 Å². The first-order valence-corrected chi connectivity index (χ1v) is 22.2. The summed E-state index contributed by atoms with van der Waals surface area (Å²) in [6.45, 7) is 2.63. The minimum Gasteiger partial charge on any atom is -0.480 e. The van der Waals surface area contributed by atoms with Crippen LogP contribution < -0.4 is 5.73 Å². The third kappa shape index (κ3) is 36.4. The summed E-state index contributed by atoms with van der Waals surface area (Å²) in [5, 5.41) is 8.87. The molecule has 0 rings (SSSR count). The Bertz CT molecular complexity index is 1110. The van der Waals surface area contributed by atoms with E-state index in [0.29, 0.717) is 12.8 Å². The van der Waals surface area contributed by atoms with Crippen LogP contribution in [-0.4, -0.2) is 59.9 Å². The maximum Gasteiger partial charge on any atom is 0.472 e. The molecule has 0 aromatic carbocycles. The number of rotatable bonds is 38. The van der Waals surface area contributed by atoms with Crippen LogP contribution in [-0.2, 0) is 37.5 Å². The van der Waals surface area contributed by atoms with Gasteiger partial charge in [-0.25, -0.2) is 4.57 Å². The highest BCUT2D eigenvalue weighted by Gasteiger charge is 2.28. The lowest BCUT2D eigenvalue weighted by Crippen LogP contribution is -2.34. The maximum absolute atomic E-state index is 12.6. The van der Waals surface area contributed by atoms with Crippen LogP contribution in [0.1, 0.15) is 168 Å². The summed E-state index contributed by atoms with van der Waals surface area (Å²) in [4.78, 5) is 45.9. The largest absolute Gasteiger partial charge is 0.480 e. The summed E-state index contributed by atoms with van der Waals surface area (Å²) in [6, 6.07) is -1.52. The van der Waals surface area contributed by atoms with E-state index < -0.39 is 51.1 Å². The van der Waals surface area contributed by atoms with Gasteiger partial charge < -0.3 is 25.2 Å². The molecule has 0 saturated heterocycles. The van der Waals surface area contributed by atoms with Crippen molar-refractivity contribution in [3.05, 3.63) is 48.6 Å². The zero-order valence-electron chi connectivity index (χ0n) is 33.6. The minimum absolute atomic E-state index is 0.140. The van der Waals surface area contributed by atoms with Gasteiger partial charge in [-0.1, -0.05) is 140 Å². The minimum atomic E-state index is -4.72. The van der Waals surface area contributed by atoms with Crippen molar-refractivity contribution >= 4 is 25.7 Å². The molecule has 0 saturated carbocycles. The molecular formula is C42H74NO10P. The first-order chi connectivity index (χ1) is 26.1. The molecule has 0 bridgehead atoms. The number of allylic oxidation sites excluding steroid dienone is 8. The zero-order valence-corrected chi connectivity index (χ0v) is 34.4. The number of phosphoric ester groups is 1. The van der Waals surface area contributed by atoms with Crippen LogP contribution in [0.3, 0.4) is 0 Å². The molecule has 0 aliphatic carbocycles. The van der Waals surface area contributed by atoms with E-state index in [0.717, 1.165) is 70.6 Å². The number of aliphatic carboxylic acids is 1. The summed E-state index contributed by atoms with van der Waals surface area (Å²) < 4.78 is 32.6. The van der Waals surface area contributed by atoms with E-state index >= 15 is 0 Å². The SMILES string of the molecule is CC/C=C/C/C=C/C/C=C/CCCCCCCC(=O)O[C@H](COC(=O)CCCCCCCCCCC/C=C/CCCC)COP(=O)(O)OC[C@H](N)C(=O)O. The third-order valence-corrected chi connectivity index (χ3v) is 9.51. The normalized spacial score (nSPS) is 14.3. The number of unbranched alkanes of at least 4 members (excludes halogenated alkanes) is 16. The van der Waals surface area contributed by atoms with Gasteiger partial charge in [0, 0.05) is 12.8 Å². The molecule has 0 aromatic heterocycles. The fourth-order valence-electron chi connectivity index (χ4n) is 5.29. The van der Waals surface area contributed by atoms with Crippen LogP contribution in [0.2, 0.25) is 0 Å². The standard InChI is InChI=1S/C42H74NO10P/c1-3-5-7-9-11-13-15-17-19-21-23-25-27-29-31-33-40(44)50-35-38(36-51-54(48,49)52-37-39(43)42(46)47)53-41(45)34-32-30-28-26-24-22-20-18-16-14-12-10-8-6-4-2/h6,8-9,11-12,14,18,20,38-39H,3-5,7,10,13,15-17,19,21-37,43H2,1-2H3,(H,46,47)(H,48,49)/b8-6+,11-9+,14-12+,20-18+/t38-,39+/m1/s1. The summed E-state index contributed by atoms with van der Waals surface area (Å²) in [5.41, 5.74) is 5.32. The molecule has 0 aliphatic rings. The summed E-state index contributed by atoms with van der Waals surface area (Å²) in [6.07, 6.45) is 40.3. The van der Waals surface area contributed by atoms with E-state index in [2.05, 4.69) is 67.0 Å². The fraction of sp³-hybridized carbons (Fsp3) is 0.738. The highest BCUT2D eigenvalue weighted by molar-refractivity contribution is 7.47. The van der Waals surface area contributed by atoms with Gasteiger partial charge >= 0.3 is 25.7 Å². The van der Waals surface area contributed by atoms with Gasteiger partial charge in [-0.15, -0.1) is 0 Å². The number of carbonyl (C=O) groups excluding carboxylic acids is 2. The van der Waals surface area contributed by atoms with Crippen LogP contribution in [0.4, 0.5) is 0 Å². The molecule has 0 aromatic rings. The van der Waals surface area contributed by atoms with Gasteiger partial charge in [0.2, 0.25) is 0 Å². The number of carboxylic acid groups (broad SMARTS) is 1. The number of hydrogen-bond acceptors (Lipinski definition) is 9. The van der Waals surface area contributed by atoms with E-state index in [4.69, 9.17) is 24.8 Å². The van der Waals surface area contributed by atoms with Crippen molar-refractivity contribution in [2.75, 3.05) is 19.8 Å². The molecule has 312 valence electrons. The molecule has 0 aliphatic heterocycles. The second kappa shape index (κ2) is 37.4. The van der Waals surface area contributed by atoms with Crippen LogP contribution in [0, 0.1) is 0 Å². The Kier molecular flexibility index (Phi) is 35.6. The predicted molar refractivity (Wildman–Crippen MR) is 217 cm³/mol. The fourth-order valence-corrected chi connectivity index (χ4v) is 6.07. The molecule has 0 radical (unpaired) electrons. The Morgan fingerprint density at radius 3 is 1.57 bits per heavy atom. The first kappa shape index (κ1) is 51.4. The van der Waals surface area contributed by atoms with E-state index in [-0.39, 0.29) is 19.4 Å². The Balaban J connectivity index is 4.42. The molecule has 0 amide bonds. The lowest BCUT2D eigenvalue weighted by atomic mass is 10.1. The predicted octanol–water partition coefficient (Wildman–Crippen LogP) is 10.6. The smallest absolute Gasteiger partial charge is 0.472 e. The van der Waals surface area contributed by atoms with Gasteiger partial charge in [0.25, 0.3) is 0 Å². The first-order valence-electron chi connectivity index (χ1n) is 20.7.